The monoisotopic (exact) mass is 544 g/mol. The molecule has 188 valence electrons. The molecule has 7 nitrogen and oxygen atoms in total. The van der Waals surface area contributed by atoms with Gasteiger partial charge in [0.15, 0.2) is 0 Å². The molecule has 3 aromatic carbocycles. The molecular weight excluding hydrogens is 520 g/mol. The Morgan fingerprint density at radius 1 is 1.14 bits per heavy atom. The van der Waals surface area contributed by atoms with E-state index in [1.165, 1.54) is 6.07 Å². The molecule has 0 saturated heterocycles. The van der Waals surface area contributed by atoms with Gasteiger partial charge in [-0.1, -0.05) is 41.1 Å². The first-order valence-electron chi connectivity index (χ1n) is 11.3. The molecule has 0 amide bonds. The second-order valence-corrected chi connectivity index (χ2v) is 12.5. The number of rotatable bonds is 6. The van der Waals surface area contributed by atoms with Crippen molar-refractivity contribution in [1.82, 2.24) is 9.29 Å². The fourth-order valence-electron chi connectivity index (χ4n) is 4.46. The molecule has 0 spiro atoms. The molecule has 4 aromatic rings. The number of methoxy groups -OCH3 is 1. The van der Waals surface area contributed by atoms with Gasteiger partial charge in [0, 0.05) is 23.1 Å². The van der Waals surface area contributed by atoms with Gasteiger partial charge in [-0.05, 0) is 55.8 Å². The number of nitrogens with one attached hydrogen (secondary N) is 1. The second kappa shape index (κ2) is 9.23. The molecule has 0 saturated carbocycles. The summed E-state index contributed by atoms with van der Waals surface area (Å²) in [5.74, 6) is 1.22. The fourth-order valence-corrected chi connectivity index (χ4v) is 6.83. The molecule has 1 atom stereocenters. The number of ether oxygens (including phenoxy) is 2. The molecule has 1 aliphatic rings. The summed E-state index contributed by atoms with van der Waals surface area (Å²) >= 11 is 6.99. The molecule has 1 aromatic heterocycles. The molecule has 36 heavy (non-hydrogen) atoms. The lowest BCUT2D eigenvalue weighted by molar-refractivity contribution is 0.0699. The van der Waals surface area contributed by atoms with Gasteiger partial charge in [0.1, 0.15) is 17.1 Å². The van der Waals surface area contributed by atoms with E-state index in [1.54, 1.807) is 48.1 Å². The zero-order valence-corrected chi connectivity index (χ0v) is 22.3. The first kappa shape index (κ1) is 24.8. The minimum atomic E-state index is -3.88. The van der Waals surface area contributed by atoms with Crippen LogP contribution in [0.5, 0.6) is 11.5 Å². The van der Waals surface area contributed by atoms with Crippen LogP contribution in [0.25, 0.3) is 10.2 Å². The van der Waals surface area contributed by atoms with E-state index in [4.69, 9.17) is 21.1 Å². The zero-order valence-electron chi connectivity index (χ0n) is 19.9. The lowest BCUT2D eigenvalue weighted by Crippen LogP contribution is -2.41. The third-order valence-corrected chi connectivity index (χ3v) is 8.84. The first-order valence-corrected chi connectivity index (χ1v) is 14.0. The van der Waals surface area contributed by atoms with Crippen molar-refractivity contribution in [3.63, 3.8) is 0 Å². The third-order valence-electron chi connectivity index (χ3n) is 6.18. The summed E-state index contributed by atoms with van der Waals surface area (Å²) in [5, 5.41) is 0.623. The number of halogens is 1. The Balaban J connectivity index is 1.46. The van der Waals surface area contributed by atoms with Crippen molar-refractivity contribution in [2.75, 3.05) is 7.11 Å². The van der Waals surface area contributed by atoms with Crippen LogP contribution in [0.2, 0.25) is 5.02 Å². The second-order valence-electron chi connectivity index (χ2n) is 9.35. The quantitative estimate of drug-likeness (QED) is 0.353. The summed E-state index contributed by atoms with van der Waals surface area (Å²) in [6, 6.07) is 17.0. The number of hydrogen-bond acceptors (Lipinski definition) is 6. The van der Waals surface area contributed by atoms with Crippen molar-refractivity contribution in [1.29, 1.82) is 0 Å². The summed E-state index contributed by atoms with van der Waals surface area (Å²) in [6.07, 6.45) is 0.457. The molecule has 1 aliphatic heterocycles. The van der Waals surface area contributed by atoms with E-state index in [2.05, 4.69) is 4.72 Å². The first-order chi connectivity index (χ1) is 17.0. The number of sulfonamides is 1. The van der Waals surface area contributed by atoms with Gasteiger partial charge in [-0.3, -0.25) is 9.36 Å². The largest absolute Gasteiger partial charge is 0.497 e. The van der Waals surface area contributed by atoms with Crippen LogP contribution in [0.3, 0.4) is 0 Å². The Kier molecular flexibility index (Phi) is 6.36. The Morgan fingerprint density at radius 3 is 2.61 bits per heavy atom. The number of thiazole rings is 1. The standard InChI is InChI=1S/C26H25ClN2O5S2/c1-26(2)14-21(20-10-8-18(33-3)12-23(20)34-26)28-36(31,32)19-9-11-22-24(13-19)35-25(30)29(22)15-16-4-6-17(27)7-5-16/h4-13,21,28H,14-15H2,1-3H3/t21-/m0/s1. The Bertz CT molecular complexity index is 1610. The maximum atomic E-state index is 13.4. The highest BCUT2D eigenvalue weighted by Crippen LogP contribution is 2.42. The van der Waals surface area contributed by atoms with Gasteiger partial charge in [0.05, 0.1) is 34.8 Å². The number of fused-ring (bicyclic) bond motifs is 2. The van der Waals surface area contributed by atoms with Gasteiger partial charge >= 0.3 is 4.87 Å². The average Bonchev–Trinajstić information content (AvgIpc) is 3.13. The predicted molar refractivity (Wildman–Crippen MR) is 142 cm³/mol. The van der Waals surface area contributed by atoms with Crippen molar-refractivity contribution in [3.8, 4) is 11.5 Å². The van der Waals surface area contributed by atoms with Crippen molar-refractivity contribution in [2.45, 2.75) is 43.4 Å². The molecule has 10 heteroatoms. The van der Waals surface area contributed by atoms with E-state index in [0.717, 1.165) is 22.5 Å². The zero-order chi connectivity index (χ0) is 25.7. The van der Waals surface area contributed by atoms with Gasteiger partial charge in [-0.25, -0.2) is 13.1 Å². The molecule has 5 rings (SSSR count). The van der Waals surface area contributed by atoms with Gasteiger partial charge in [0.25, 0.3) is 0 Å². The maximum absolute atomic E-state index is 13.4. The number of hydrogen-bond donors (Lipinski definition) is 1. The SMILES string of the molecule is COc1ccc2c(c1)OC(C)(C)C[C@@H]2NS(=O)(=O)c1ccc2c(c1)sc(=O)n2Cc1ccc(Cl)cc1. The summed E-state index contributed by atoms with van der Waals surface area (Å²) in [5.41, 5.74) is 1.79. The van der Waals surface area contributed by atoms with Crippen molar-refractivity contribution < 1.29 is 17.9 Å². The molecular formula is C26H25ClN2O5S2. The van der Waals surface area contributed by atoms with E-state index >= 15 is 0 Å². The lowest BCUT2D eigenvalue weighted by atomic mass is 9.90. The third kappa shape index (κ3) is 4.88. The van der Waals surface area contributed by atoms with Crippen LogP contribution < -0.4 is 19.1 Å². The summed E-state index contributed by atoms with van der Waals surface area (Å²) in [4.78, 5) is 12.7. The molecule has 0 radical (unpaired) electrons. The Morgan fingerprint density at radius 2 is 1.89 bits per heavy atom. The number of nitrogens with zero attached hydrogens (tertiary/aromatic N) is 1. The van der Waals surface area contributed by atoms with Crippen molar-refractivity contribution in [2.24, 2.45) is 0 Å². The topological polar surface area (TPSA) is 86.6 Å². The fraction of sp³-hybridized carbons (Fsp3) is 0.269. The average molecular weight is 545 g/mol. The van der Waals surface area contributed by atoms with Gasteiger partial charge < -0.3 is 9.47 Å². The van der Waals surface area contributed by atoms with Crippen LogP contribution in [-0.2, 0) is 16.6 Å². The van der Waals surface area contributed by atoms with E-state index in [-0.39, 0.29) is 9.77 Å². The van der Waals surface area contributed by atoms with Crippen LogP contribution >= 0.6 is 22.9 Å². The Hall–Kier alpha value is -2.85. The van der Waals surface area contributed by atoms with Gasteiger partial charge in [0.2, 0.25) is 10.0 Å². The normalized spacial score (nSPS) is 16.9. The maximum Gasteiger partial charge on any atom is 0.308 e. The van der Waals surface area contributed by atoms with E-state index in [0.29, 0.717) is 39.7 Å². The number of aromatic nitrogens is 1. The van der Waals surface area contributed by atoms with Gasteiger partial charge in [-0.15, -0.1) is 0 Å². The predicted octanol–water partition coefficient (Wildman–Crippen LogP) is 5.35. The smallest absolute Gasteiger partial charge is 0.308 e. The minimum absolute atomic E-state index is 0.106. The Labute approximate surface area is 218 Å². The molecule has 0 unspecified atom stereocenters. The van der Waals surface area contributed by atoms with E-state index < -0.39 is 21.7 Å². The highest BCUT2D eigenvalue weighted by Gasteiger charge is 2.36. The number of benzene rings is 3. The van der Waals surface area contributed by atoms with Crippen LogP contribution in [-0.4, -0.2) is 25.7 Å². The highest BCUT2D eigenvalue weighted by atomic mass is 35.5. The molecule has 0 fully saturated rings. The minimum Gasteiger partial charge on any atom is -0.497 e. The van der Waals surface area contributed by atoms with E-state index in [9.17, 15) is 13.2 Å². The molecule has 1 N–H and O–H groups in total. The van der Waals surface area contributed by atoms with Crippen LogP contribution in [0.4, 0.5) is 0 Å². The van der Waals surface area contributed by atoms with Gasteiger partial charge in [-0.2, -0.15) is 0 Å². The summed E-state index contributed by atoms with van der Waals surface area (Å²) < 4.78 is 43.3. The molecule has 0 aliphatic carbocycles. The van der Waals surface area contributed by atoms with Crippen molar-refractivity contribution >= 4 is 43.2 Å². The summed E-state index contributed by atoms with van der Waals surface area (Å²) in [7, 11) is -2.31. The van der Waals surface area contributed by atoms with E-state index in [1.807, 2.05) is 32.0 Å². The van der Waals surface area contributed by atoms with Crippen LogP contribution in [0, 0.1) is 0 Å². The van der Waals surface area contributed by atoms with Crippen LogP contribution in [0.1, 0.15) is 37.4 Å². The molecule has 2 heterocycles. The van der Waals surface area contributed by atoms with Crippen LogP contribution in [0.15, 0.2) is 70.4 Å². The van der Waals surface area contributed by atoms with Crippen molar-refractivity contribution in [3.05, 3.63) is 86.5 Å². The summed E-state index contributed by atoms with van der Waals surface area (Å²) in [6.45, 7) is 4.21. The molecule has 0 bridgehead atoms. The lowest BCUT2D eigenvalue weighted by Gasteiger charge is -2.37. The highest BCUT2D eigenvalue weighted by molar-refractivity contribution is 7.89.